The van der Waals surface area contributed by atoms with E-state index in [0.717, 1.165) is 4.90 Å². The Balaban J connectivity index is 1.69. The van der Waals surface area contributed by atoms with E-state index in [0.29, 0.717) is 17.0 Å². The first-order valence-electron chi connectivity index (χ1n) is 8.40. The van der Waals surface area contributed by atoms with Gasteiger partial charge >= 0.3 is 6.03 Å². The predicted octanol–water partition coefficient (Wildman–Crippen LogP) is 2.13. The molecule has 1 aliphatic rings. The van der Waals surface area contributed by atoms with Gasteiger partial charge in [0.1, 0.15) is 18.0 Å². The SMILES string of the molecule is COc1ccc(NC(=O)CN2C(=O)N/C(=C\c3cccc([N+](=O)[O-])c3)C2=O)cc1. The van der Waals surface area contributed by atoms with Gasteiger partial charge < -0.3 is 15.4 Å². The Kier molecular flexibility index (Phi) is 5.54. The first kappa shape index (κ1) is 19.5. The molecule has 1 saturated heterocycles. The van der Waals surface area contributed by atoms with Crippen LogP contribution in [0.3, 0.4) is 0 Å². The number of amides is 4. The fourth-order valence-corrected chi connectivity index (χ4v) is 2.63. The zero-order valence-electron chi connectivity index (χ0n) is 15.2. The van der Waals surface area contributed by atoms with Crippen LogP contribution in [-0.2, 0) is 9.59 Å². The lowest BCUT2D eigenvalue weighted by Gasteiger charge is -2.12. The maximum absolute atomic E-state index is 12.5. The Hall–Kier alpha value is -4.21. The number of nitro groups is 1. The number of ether oxygens (including phenoxy) is 1. The third-order valence-electron chi connectivity index (χ3n) is 4.03. The number of carbonyl (C=O) groups is 3. The number of hydrogen-bond acceptors (Lipinski definition) is 6. The number of nitro benzene ring substituents is 1. The van der Waals surface area contributed by atoms with Gasteiger partial charge in [-0.3, -0.25) is 19.7 Å². The molecule has 29 heavy (non-hydrogen) atoms. The molecule has 3 rings (SSSR count). The molecular weight excluding hydrogens is 380 g/mol. The molecule has 4 amide bonds. The molecule has 0 unspecified atom stereocenters. The fraction of sp³-hybridized carbons (Fsp3) is 0.105. The molecule has 10 heteroatoms. The van der Waals surface area contributed by atoms with Gasteiger partial charge in [-0.25, -0.2) is 9.69 Å². The summed E-state index contributed by atoms with van der Waals surface area (Å²) in [4.78, 5) is 47.8. The highest BCUT2D eigenvalue weighted by Gasteiger charge is 2.35. The van der Waals surface area contributed by atoms with Crippen LogP contribution < -0.4 is 15.4 Å². The number of urea groups is 1. The third kappa shape index (κ3) is 4.56. The molecule has 1 heterocycles. The maximum Gasteiger partial charge on any atom is 0.329 e. The number of hydrogen-bond donors (Lipinski definition) is 2. The van der Waals surface area contributed by atoms with Crippen molar-refractivity contribution in [3.8, 4) is 5.75 Å². The standard InChI is InChI=1S/C19H16N4O6/c1-29-15-7-5-13(6-8-15)20-17(24)11-22-18(25)16(21-19(22)26)10-12-3-2-4-14(9-12)23(27)28/h2-10H,11H2,1H3,(H,20,24)(H,21,26)/b16-10-. The molecule has 10 nitrogen and oxygen atoms in total. The van der Waals surface area contributed by atoms with E-state index < -0.39 is 29.3 Å². The molecule has 1 fully saturated rings. The minimum Gasteiger partial charge on any atom is -0.497 e. The van der Waals surface area contributed by atoms with Crippen molar-refractivity contribution in [3.05, 3.63) is 69.9 Å². The number of nitrogens with zero attached hydrogens (tertiary/aromatic N) is 2. The second kappa shape index (κ2) is 8.21. The molecule has 0 radical (unpaired) electrons. The van der Waals surface area contributed by atoms with Crippen LogP contribution in [0.1, 0.15) is 5.56 Å². The molecule has 148 valence electrons. The number of carbonyl (C=O) groups excluding carboxylic acids is 3. The number of imide groups is 1. The average Bonchev–Trinajstić information content (AvgIpc) is 2.96. The van der Waals surface area contributed by atoms with E-state index in [1.54, 1.807) is 30.3 Å². The summed E-state index contributed by atoms with van der Waals surface area (Å²) in [6, 6.07) is 11.4. The van der Waals surface area contributed by atoms with Crippen molar-refractivity contribution in [2.45, 2.75) is 0 Å². The van der Waals surface area contributed by atoms with Crippen LogP contribution >= 0.6 is 0 Å². The van der Waals surface area contributed by atoms with Crippen molar-refractivity contribution < 1.29 is 24.0 Å². The van der Waals surface area contributed by atoms with Gasteiger partial charge in [-0.2, -0.15) is 0 Å². The topological polar surface area (TPSA) is 131 Å². The first-order valence-corrected chi connectivity index (χ1v) is 8.40. The Morgan fingerprint density at radius 3 is 2.62 bits per heavy atom. The zero-order chi connectivity index (χ0) is 21.0. The van der Waals surface area contributed by atoms with Crippen LogP contribution in [0, 0.1) is 10.1 Å². The number of nitrogens with one attached hydrogen (secondary N) is 2. The summed E-state index contributed by atoms with van der Waals surface area (Å²) in [7, 11) is 1.52. The summed E-state index contributed by atoms with van der Waals surface area (Å²) in [5.74, 6) is -0.644. The molecule has 0 saturated carbocycles. The Bertz CT molecular complexity index is 1020. The van der Waals surface area contributed by atoms with Crippen LogP contribution in [0.15, 0.2) is 54.2 Å². The largest absolute Gasteiger partial charge is 0.497 e. The van der Waals surface area contributed by atoms with Crippen molar-refractivity contribution >= 4 is 35.3 Å². The molecule has 0 aromatic heterocycles. The molecule has 2 aromatic rings. The van der Waals surface area contributed by atoms with E-state index in [2.05, 4.69) is 10.6 Å². The second-order valence-corrected chi connectivity index (χ2v) is 6.01. The molecule has 0 aliphatic carbocycles. The van der Waals surface area contributed by atoms with Gasteiger partial charge in [0.15, 0.2) is 0 Å². The minimum absolute atomic E-state index is 0.0762. The number of benzene rings is 2. The van der Waals surface area contributed by atoms with E-state index in [1.807, 2.05) is 0 Å². The van der Waals surface area contributed by atoms with Gasteiger partial charge in [0.25, 0.3) is 11.6 Å². The second-order valence-electron chi connectivity index (χ2n) is 6.01. The van der Waals surface area contributed by atoms with Crippen LogP contribution in [0.2, 0.25) is 0 Å². The van der Waals surface area contributed by atoms with Crippen molar-refractivity contribution in [3.63, 3.8) is 0 Å². The lowest BCUT2D eigenvalue weighted by molar-refractivity contribution is -0.384. The number of anilines is 1. The summed E-state index contributed by atoms with van der Waals surface area (Å²) >= 11 is 0. The third-order valence-corrected chi connectivity index (χ3v) is 4.03. The van der Waals surface area contributed by atoms with Crippen molar-refractivity contribution in [1.82, 2.24) is 10.2 Å². The summed E-state index contributed by atoms with van der Waals surface area (Å²) in [5.41, 5.74) is 0.627. The highest BCUT2D eigenvalue weighted by atomic mass is 16.6. The van der Waals surface area contributed by atoms with Gasteiger partial charge in [-0.15, -0.1) is 0 Å². The smallest absolute Gasteiger partial charge is 0.329 e. The number of methoxy groups -OCH3 is 1. The zero-order valence-corrected chi connectivity index (χ0v) is 15.2. The van der Waals surface area contributed by atoms with Gasteiger partial charge in [-0.05, 0) is 35.9 Å². The van der Waals surface area contributed by atoms with Crippen molar-refractivity contribution in [2.75, 3.05) is 19.0 Å². The van der Waals surface area contributed by atoms with Crippen LogP contribution in [0.4, 0.5) is 16.2 Å². The Labute approximate surface area is 164 Å². The van der Waals surface area contributed by atoms with E-state index in [4.69, 9.17) is 4.74 Å². The van der Waals surface area contributed by atoms with Crippen molar-refractivity contribution in [2.24, 2.45) is 0 Å². The normalized spacial score (nSPS) is 14.7. The van der Waals surface area contributed by atoms with E-state index in [9.17, 15) is 24.5 Å². The molecule has 2 N–H and O–H groups in total. The predicted molar refractivity (Wildman–Crippen MR) is 103 cm³/mol. The first-order chi connectivity index (χ1) is 13.9. The molecule has 0 bridgehead atoms. The summed E-state index contributed by atoms with van der Waals surface area (Å²) in [6.45, 7) is -0.483. The fourth-order valence-electron chi connectivity index (χ4n) is 2.63. The number of non-ortho nitro benzene ring substituents is 1. The van der Waals surface area contributed by atoms with Gasteiger partial charge in [0.2, 0.25) is 5.91 Å². The summed E-state index contributed by atoms with van der Waals surface area (Å²) < 4.78 is 5.03. The summed E-state index contributed by atoms with van der Waals surface area (Å²) in [5, 5.41) is 15.8. The molecule has 1 aliphatic heterocycles. The van der Waals surface area contributed by atoms with Gasteiger partial charge in [0.05, 0.1) is 12.0 Å². The summed E-state index contributed by atoms with van der Waals surface area (Å²) in [6.07, 6.45) is 1.31. The monoisotopic (exact) mass is 396 g/mol. The lowest BCUT2D eigenvalue weighted by Crippen LogP contribution is -2.38. The maximum atomic E-state index is 12.5. The quantitative estimate of drug-likeness (QED) is 0.333. The number of rotatable bonds is 6. The minimum atomic E-state index is -0.753. The van der Waals surface area contributed by atoms with Crippen LogP contribution in [0.5, 0.6) is 5.75 Å². The van der Waals surface area contributed by atoms with Gasteiger partial charge in [-0.1, -0.05) is 12.1 Å². The van der Waals surface area contributed by atoms with Crippen molar-refractivity contribution in [1.29, 1.82) is 0 Å². The molecule has 0 atom stereocenters. The molecule has 2 aromatic carbocycles. The van der Waals surface area contributed by atoms with E-state index in [1.165, 1.54) is 31.4 Å². The van der Waals surface area contributed by atoms with E-state index in [-0.39, 0.29) is 11.4 Å². The van der Waals surface area contributed by atoms with Gasteiger partial charge in [0, 0.05) is 17.8 Å². The van der Waals surface area contributed by atoms with E-state index >= 15 is 0 Å². The molecule has 0 spiro atoms. The Morgan fingerprint density at radius 1 is 1.24 bits per heavy atom. The van der Waals surface area contributed by atoms with Crippen LogP contribution in [0.25, 0.3) is 6.08 Å². The highest BCUT2D eigenvalue weighted by Crippen LogP contribution is 2.19. The highest BCUT2D eigenvalue weighted by molar-refractivity contribution is 6.15. The lowest BCUT2D eigenvalue weighted by atomic mass is 10.1. The average molecular weight is 396 g/mol. The Morgan fingerprint density at radius 2 is 1.97 bits per heavy atom. The molecular formula is C19H16N4O6. The van der Waals surface area contributed by atoms with Crippen LogP contribution in [-0.4, -0.2) is 41.3 Å².